The van der Waals surface area contributed by atoms with Crippen LogP contribution >= 0.6 is 70.6 Å². The number of fused-ring (bicyclic) bond motifs is 3. The standard InChI is InChI=1S/C21H12N3O.C20H11F2N2.3C16H11N2.C14H9N2S.3BrH.2FH.HI.6Pt/c1-2-6-15-13-16(10-9-14(15)5-1)20-22-12-11-18(23-20)21-24-17-7-3-4-8-19(17)25-21;21-14-9-10-15(16(22)12-14)18-6-3-7-19(24-18)20-11-8-13-4-1-2-5-17(13)23-20;3*1-2-7-13(8-3-1)14-10-6-11-16(18-14)15-9-4-5-12-17-15;1-2-9-15-11(5-1)12-6-3-7-13(16-12)14-8-4-10-17-14;;;;;;;;;;;;/h1-12H;1-9,11-12H;3*1-7,9-12H;1-7,9-10H;6*1H;;;;;;/q6*-1;;;;;;;6*+2/p-6. The fourth-order valence-electron chi connectivity index (χ4n) is 12.4. The average Bonchev–Trinajstić information content (AvgIpc) is 1.54. The number of hydrogen-bond donors (Lipinski definition) is 0. The van der Waals surface area contributed by atoms with Crippen LogP contribution in [0.2, 0.25) is 0 Å². The molecule has 14 nitrogen and oxygen atoms in total. The first-order valence-electron chi connectivity index (χ1n) is 38.7. The van der Waals surface area contributed by atoms with Gasteiger partial charge in [-0.05, 0) is 138 Å². The minimum Gasteiger partial charge on any atom is -0.435 e. The normalized spacial score (nSPS) is 9.94. The van der Waals surface area contributed by atoms with Crippen LogP contribution in [0.5, 0.6) is 0 Å². The molecule has 21 rings (SSSR count). The Bertz CT molecular complexity index is 6490. The van der Waals surface area contributed by atoms with Gasteiger partial charge in [-0.1, -0.05) is 167 Å². The molecule has 0 fully saturated rings. The van der Waals surface area contributed by atoms with Crippen molar-refractivity contribution >= 4 is 103 Å². The molecule has 0 saturated heterocycles. The molecular formula is C103H65Br3F4IN13OPt6S. The van der Waals surface area contributed by atoms with Gasteiger partial charge in [-0.15, -0.1) is 155 Å². The Morgan fingerprint density at radius 3 is 1.16 bits per heavy atom. The van der Waals surface area contributed by atoms with Gasteiger partial charge in [0.2, 0.25) is 5.89 Å². The minimum atomic E-state index is -0.689. The Morgan fingerprint density at radius 2 is 0.697 bits per heavy atom. The maximum absolute atomic E-state index is 14.0. The van der Waals surface area contributed by atoms with E-state index in [4.69, 9.17) is 4.42 Å². The fraction of sp³-hybridized carbons (Fsp3) is 0. The number of benzene rings is 8. The Kier molecular flexibility index (Phi) is 46.5. The van der Waals surface area contributed by atoms with Gasteiger partial charge in [-0.2, -0.15) is 12.1 Å². The van der Waals surface area contributed by atoms with Crippen LogP contribution in [-0.2, 0) is 110 Å². The molecule has 670 valence electrons. The summed E-state index contributed by atoms with van der Waals surface area (Å²) in [5.41, 5.74) is 19.5. The van der Waals surface area contributed by atoms with Crippen molar-refractivity contribution in [3.63, 3.8) is 0 Å². The summed E-state index contributed by atoms with van der Waals surface area (Å²) in [5, 5.41) is 5.22. The summed E-state index contributed by atoms with van der Waals surface area (Å²) in [6, 6.07) is 132. The number of nitrogens with zero attached hydrogens (tertiary/aromatic N) is 13. The zero-order chi connectivity index (χ0) is 93.3. The molecule has 0 N–H and O–H groups in total. The summed E-state index contributed by atoms with van der Waals surface area (Å²) < 4.78 is 51.8. The molecule has 29 heteroatoms. The molecule has 0 radical (unpaired) electrons. The number of hydrogen-bond acceptors (Lipinski definition) is 15. The number of pyridine rings is 10. The Labute approximate surface area is 864 Å². The molecule has 0 saturated carbocycles. The largest absolute Gasteiger partial charge is 0.435 e. The van der Waals surface area contributed by atoms with E-state index in [0.717, 1.165) is 140 Å². The third-order valence-electron chi connectivity index (χ3n) is 18.2. The van der Waals surface area contributed by atoms with Crippen molar-refractivity contribution in [1.82, 2.24) is 64.8 Å². The molecule has 13 heterocycles. The molecule has 13 aromatic heterocycles. The van der Waals surface area contributed by atoms with Crippen LogP contribution in [0.25, 0.3) is 168 Å². The van der Waals surface area contributed by atoms with Crippen LogP contribution in [0.1, 0.15) is 0 Å². The van der Waals surface area contributed by atoms with E-state index >= 15 is 0 Å². The molecule has 0 bridgehead atoms. The van der Waals surface area contributed by atoms with Crippen LogP contribution in [0.15, 0.2) is 399 Å². The van der Waals surface area contributed by atoms with Crippen LogP contribution in [-0.4, -0.2) is 64.8 Å². The predicted octanol–water partition coefficient (Wildman–Crippen LogP) is 28.7. The molecule has 0 spiro atoms. The SMILES string of the molecule is Fc1c[c-]c(-c2cccc(-c3ccc4ccccc4n3)n2)c(F)c1.[Br][Pt+].[Br][Pt+].[Br][Pt+].[F][Pt+].[F][Pt+].[I][Pt+].[c-]1c(-c2nccc(-c3nc4ccccc4o3)n2)ccc2ccccc12.[c-]1ccccc1-c1cccc(-c2ccccn2)n1.[c-]1ccccc1-c1cccc(-c2ccccn2)n1.[c-]1ccccc1-c1cccc(-c2ccccn2)n1.[c-]1ccsc1-c1cccc(-c2ccccn2)n1. The molecular weight excluding hydrogens is 3080 g/mol. The zero-order valence-corrected chi connectivity index (χ0v) is 89.4. The van der Waals surface area contributed by atoms with Gasteiger partial charge in [0, 0.05) is 48.0 Å². The van der Waals surface area contributed by atoms with Crippen LogP contribution in [0.3, 0.4) is 0 Å². The molecule has 0 aliphatic carbocycles. The van der Waals surface area contributed by atoms with E-state index in [1.54, 1.807) is 60.5 Å². The van der Waals surface area contributed by atoms with E-state index in [9.17, 15) is 15.1 Å². The second kappa shape index (κ2) is 58.9. The van der Waals surface area contributed by atoms with Gasteiger partial charge in [0.05, 0.1) is 68.3 Å². The first-order chi connectivity index (χ1) is 65.3. The van der Waals surface area contributed by atoms with Crippen molar-refractivity contribution in [2.45, 2.75) is 0 Å². The molecule has 0 aliphatic rings. The van der Waals surface area contributed by atoms with Gasteiger partial charge in [0.25, 0.3) is 0 Å². The van der Waals surface area contributed by atoms with E-state index in [-0.39, 0.29) is 5.56 Å². The molecule has 8 aromatic carbocycles. The van der Waals surface area contributed by atoms with Gasteiger partial charge >= 0.3 is 176 Å². The summed E-state index contributed by atoms with van der Waals surface area (Å²) in [6.07, 6.45) is 8.82. The Hall–Kier alpha value is -9.95. The number of thiophene rings is 1. The summed E-state index contributed by atoms with van der Waals surface area (Å²) in [7, 11) is 0. The number of para-hydroxylation sites is 3. The quantitative estimate of drug-likeness (QED) is 0.0640. The van der Waals surface area contributed by atoms with Gasteiger partial charge < -0.3 is 9.40 Å². The third kappa shape index (κ3) is 31.3. The molecule has 21 aromatic rings. The van der Waals surface area contributed by atoms with Crippen molar-refractivity contribution in [3.05, 3.63) is 442 Å². The molecule has 0 unspecified atom stereocenters. The van der Waals surface area contributed by atoms with Gasteiger partial charge in [0.1, 0.15) is 11.2 Å². The fourth-order valence-corrected chi connectivity index (χ4v) is 13.0. The molecule has 0 aliphatic heterocycles. The van der Waals surface area contributed by atoms with E-state index in [0.29, 0.717) is 75.2 Å². The number of halogens is 8. The minimum absolute atomic E-state index is 0.138. The van der Waals surface area contributed by atoms with E-state index < -0.39 is 11.6 Å². The molecule has 0 amide bonds. The maximum atomic E-state index is 14.0. The monoisotopic (exact) mass is 3140 g/mol. The number of oxazole rings is 1. The third-order valence-corrected chi connectivity index (χ3v) is 19.0. The van der Waals surface area contributed by atoms with Crippen LogP contribution in [0, 0.1) is 48.0 Å². The number of aromatic nitrogens is 13. The maximum Gasteiger partial charge on any atom is 0.245 e. The van der Waals surface area contributed by atoms with Gasteiger partial charge in [-0.3, -0.25) is 58.6 Å². The Morgan fingerprint density at radius 1 is 0.295 bits per heavy atom. The van der Waals surface area contributed by atoms with Crippen molar-refractivity contribution < 1.29 is 130 Å². The second-order valence-electron chi connectivity index (χ2n) is 26.3. The zero-order valence-electron chi connectivity index (χ0n) is 68.1. The predicted molar refractivity (Wildman–Crippen MR) is 514 cm³/mol. The van der Waals surface area contributed by atoms with Crippen LogP contribution in [0.4, 0.5) is 15.1 Å². The average molecular weight is 3150 g/mol. The van der Waals surface area contributed by atoms with Crippen LogP contribution < -0.4 is 0 Å². The first kappa shape index (κ1) is 104. The Balaban J connectivity index is 0.000000161. The molecule has 132 heavy (non-hydrogen) atoms. The smallest absolute Gasteiger partial charge is 0.245 e. The van der Waals surface area contributed by atoms with Gasteiger partial charge in [0.15, 0.2) is 5.58 Å². The van der Waals surface area contributed by atoms with Crippen molar-refractivity contribution in [2.75, 3.05) is 0 Å². The summed E-state index contributed by atoms with van der Waals surface area (Å²) in [4.78, 5) is 59.3. The van der Waals surface area contributed by atoms with Gasteiger partial charge in [-0.25, -0.2) is 21.3 Å². The topological polar surface area (TPSA) is 181 Å². The van der Waals surface area contributed by atoms with E-state index in [1.807, 2.05) is 374 Å². The van der Waals surface area contributed by atoms with Crippen molar-refractivity contribution in [2.24, 2.45) is 0 Å². The van der Waals surface area contributed by atoms with E-state index in [1.165, 1.54) is 0 Å². The molecule has 0 atom stereocenters. The summed E-state index contributed by atoms with van der Waals surface area (Å²) in [5.74, 6) is -0.258. The van der Waals surface area contributed by atoms with Crippen molar-refractivity contribution in [3.8, 4) is 136 Å². The van der Waals surface area contributed by atoms with Crippen molar-refractivity contribution in [1.29, 1.82) is 0 Å². The summed E-state index contributed by atoms with van der Waals surface area (Å²) in [6.45, 7) is 0. The number of rotatable bonds is 12. The summed E-state index contributed by atoms with van der Waals surface area (Å²) >= 11 is 21.7. The second-order valence-corrected chi connectivity index (χ2v) is 27.2. The van der Waals surface area contributed by atoms with E-state index in [2.05, 4.69) is 189 Å². The first-order valence-corrected chi connectivity index (χ1v) is 62.7.